The van der Waals surface area contributed by atoms with Crippen molar-refractivity contribution in [1.29, 1.82) is 0 Å². The molecule has 0 bridgehead atoms. The lowest BCUT2D eigenvalue weighted by molar-refractivity contribution is 0.146. The summed E-state index contributed by atoms with van der Waals surface area (Å²) >= 11 is 0. The molecule has 1 N–H and O–H groups in total. The molecular formula is C16H22N2O2. The van der Waals surface area contributed by atoms with E-state index in [1.807, 2.05) is 23.9 Å². The van der Waals surface area contributed by atoms with Gasteiger partial charge in [-0.25, -0.2) is 0 Å². The van der Waals surface area contributed by atoms with Gasteiger partial charge in [0.2, 0.25) is 0 Å². The second-order valence-corrected chi connectivity index (χ2v) is 4.88. The van der Waals surface area contributed by atoms with Gasteiger partial charge in [0.25, 0.3) is 0 Å². The Bertz CT molecular complexity index is 549. The summed E-state index contributed by atoms with van der Waals surface area (Å²) in [5.74, 6) is 0.873. The molecule has 0 atom stereocenters. The van der Waals surface area contributed by atoms with Crippen molar-refractivity contribution in [1.82, 2.24) is 4.57 Å². The first kappa shape index (κ1) is 14.5. The highest BCUT2D eigenvalue weighted by atomic mass is 16.5. The third-order valence-electron chi connectivity index (χ3n) is 3.06. The molecule has 0 radical (unpaired) electrons. The summed E-state index contributed by atoms with van der Waals surface area (Å²) in [5.41, 5.74) is 3.44. The van der Waals surface area contributed by atoms with Gasteiger partial charge in [0.15, 0.2) is 0 Å². The minimum absolute atomic E-state index is 0.556. The SMILES string of the molecule is COCCOc1cc(C)ccc1NCc1ccn(C)c1. The predicted octanol–water partition coefficient (Wildman–Crippen LogP) is 2.97. The monoisotopic (exact) mass is 274 g/mol. The zero-order valence-electron chi connectivity index (χ0n) is 12.3. The first-order valence-corrected chi connectivity index (χ1v) is 6.76. The highest BCUT2D eigenvalue weighted by Gasteiger charge is 2.04. The van der Waals surface area contributed by atoms with Crippen molar-refractivity contribution < 1.29 is 9.47 Å². The number of methoxy groups -OCH3 is 1. The van der Waals surface area contributed by atoms with Crippen LogP contribution in [0.4, 0.5) is 5.69 Å². The van der Waals surface area contributed by atoms with Gasteiger partial charge in [-0.3, -0.25) is 0 Å². The zero-order chi connectivity index (χ0) is 14.4. The molecule has 0 amide bonds. The summed E-state index contributed by atoms with van der Waals surface area (Å²) < 4.78 is 12.8. The Morgan fingerprint density at radius 3 is 2.75 bits per heavy atom. The van der Waals surface area contributed by atoms with Crippen molar-refractivity contribution in [3.63, 3.8) is 0 Å². The van der Waals surface area contributed by atoms with Gasteiger partial charge in [-0.2, -0.15) is 0 Å². The molecule has 108 valence electrons. The number of benzene rings is 1. The van der Waals surface area contributed by atoms with E-state index in [4.69, 9.17) is 9.47 Å². The number of aryl methyl sites for hydroxylation is 2. The van der Waals surface area contributed by atoms with Crippen molar-refractivity contribution in [3.05, 3.63) is 47.8 Å². The fourth-order valence-corrected chi connectivity index (χ4v) is 1.99. The van der Waals surface area contributed by atoms with Gasteiger partial charge in [0.05, 0.1) is 12.3 Å². The first-order chi connectivity index (χ1) is 9.69. The Kier molecular flexibility index (Phi) is 5.07. The summed E-state index contributed by atoms with van der Waals surface area (Å²) in [6.45, 7) is 3.99. The second-order valence-electron chi connectivity index (χ2n) is 4.88. The first-order valence-electron chi connectivity index (χ1n) is 6.76. The lowest BCUT2D eigenvalue weighted by atomic mass is 10.2. The molecule has 2 rings (SSSR count). The number of ether oxygens (including phenoxy) is 2. The van der Waals surface area contributed by atoms with Gasteiger partial charge in [-0.15, -0.1) is 0 Å². The highest BCUT2D eigenvalue weighted by molar-refractivity contribution is 5.57. The lowest BCUT2D eigenvalue weighted by Crippen LogP contribution is -2.07. The molecule has 0 spiro atoms. The van der Waals surface area contributed by atoms with Crippen molar-refractivity contribution in [2.75, 3.05) is 25.6 Å². The van der Waals surface area contributed by atoms with E-state index in [1.54, 1.807) is 7.11 Å². The molecule has 2 aromatic rings. The number of hydrogen-bond donors (Lipinski definition) is 1. The van der Waals surface area contributed by atoms with Gasteiger partial charge in [0.1, 0.15) is 12.4 Å². The Balaban J connectivity index is 2.01. The van der Waals surface area contributed by atoms with Crippen LogP contribution in [0.15, 0.2) is 36.7 Å². The average Bonchev–Trinajstić information content (AvgIpc) is 2.84. The number of aromatic nitrogens is 1. The molecule has 1 heterocycles. The number of anilines is 1. The fourth-order valence-electron chi connectivity index (χ4n) is 1.99. The van der Waals surface area contributed by atoms with Crippen LogP contribution >= 0.6 is 0 Å². The predicted molar refractivity (Wildman–Crippen MR) is 81.3 cm³/mol. The molecule has 4 heteroatoms. The van der Waals surface area contributed by atoms with Gasteiger partial charge in [-0.05, 0) is 36.2 Å². The molecule has 0 fully saturated rings. The summed E-state index contributed by atoms with van der Waals surface area (Å²) in [6.07, 6.45) is 4.15. The topological polar surface area (TPSA) is 35.4 Å². The molecule has 20 heavy (non-hydrogen) atoms. The van der Waals surface area contributed by atoms with E-state index in [0.29, 0.717) is 13.2 Å². The van der Waals surface area contributed by atoms with Crippen LogP contribution in [0.2, 0.25) is 0 Å². The van der Waals surface area contributed by atoms with Gasteiger partial charge < -0.3 is 19.4 Å². The van der Waals surface area contributed by atoms with Crippen LogP contribution in [0.1, 0.15) is 11.1 Å². The molecule has 1 aromatic heterocycles. The summed E-state index contributed by atoms with van der Waals surface area (Å²) in [6, 6.07) is 8.28. The molecule has 0 saturated heterocycles. The minimum Gasteiger partial charge on any atom is -0.489 e. The quantitative estimate of drug-likeness (QED) is 0.788. The van der Waals surface area contributed by atoms with Crippen molar-refractivity contribution in [3.8, 4) is 5.75 Å². The van der Waals surface area contributed by atoms with E-state index in [2.05, 4.69) is 36.6 Å². The van der Waals surface area contributed by atoms with E-state index in [-0.39, 0.29) is 0 Å². The van der Waals surface area contributed by atoms with E-state index in [9.17, 15) is 0 Å². The molecule has 0 unspecified atom stereocenters. The second kappa shape index (κ2) is 7.01. The average molecular weight is 274 g/mol. The van der Waals surface area contributed by atoms with E-state index < -0.39 is 0 Å². The number of rotatable bonds is 7. The molecule has 0 saturated carbocycles. The lowest BCUT2D eigenvalue weighted by Gasteiger charge is -2.13. The Labute approximate surface area is 120 Å². The zero-order valence-corrected chi connectivity index (χ0v) is 12.3. The maximum absolute atomic E-state index is 5.76. The van der Waals surface area contributed by atoms with Crippen LogP contribution in [-0.4, -0.2) is 24.9 Å². The normalized spacial score (nSPS) is 10.6. The Hall–Kier alpha value is -1.94. The maximum Gasteiger partial charge on any atom is 0.142 e. The van der Waals surface area contributed by atoms with Gasteiger partial charge >= 0.3 is 0 Å². The highest BCUT2D eigenvalue weighted by Crippen LogP contribution is 2.26. The van der Waals surface area contributed by atoms with Crippen molar-refractivity contribution in [2.45, 2.75) is 13.5 Å². The third kappa shape index (κ3) is 4.03. The van der Waals surface area contributed by atoms with E-state index in [1.165, 1.54) is 11.1 Å². The summed E-state index contributed by atoms with van der Waals surface area (Å²) in [7, 11) is 3.70. The van der Waals surface area contributed by atoms with E-state index in [0.717, 1.165) is 18.0 Å². The van der Waals surface area contributed by atoms with E-state index >= 15 is 0 Å². The fraction of sp³-hybridized carbons (Fsp3) is 0.375. The molecule has 0 aliphatic rings. The number of hydrogen-bond acceptors (Lipinski definition) is 3. The minimum atomic E-state index is 0.556. The van der Waals surface area contributed by atoms with Gasteiger partial charge in [0, 0.05) is 33.1 Å². The van der Waals surface area contributed by atoms with Crippen LogP contribution in [0.25, 0.3) is 0 Å². The van der Waals surface area contributed by atoms with Crippen LogP contribution in [0.3, 0.4) is 0 Å². The standard InChI is InChI=1S/C16H22N2O2/c1-13-4-5-15(16(10-13)20-9-8-19-3)17-11-14-6-7-18(2)12-14/h4-7,10,12,17H,8-9,11H2,1-3H3. The molecule has 0 aliphatic carbocycles. The van der Waals surface area contributed by atoms with Crippen LogP contribution in [-0.2, 0) is 18.3 Å². The largest absolute Gasteiger partial charge is 0.489 e. The van der Waals surface area contributed by atoms with Crippen LogP contribution in [0, 0.1) is 6.92 Å². The van der Waals surface area contributed by atoms with Crippen LogP contribution in [0.5, 0.6) is 5.75 Å². The smallest absolute Gasteiger partial charge is 0.142 e. The third-order valence-corrected chi connectivity index (χ3v) is 3.06. The Morgan fingerprint density at radius 2 is 2.05 bits per heavy atom. The van der Waals surface area contributed by atoms with Crippen LogP contribution < -0.4 is 10.1 Å². The van der Waals surface area contributed by atoms with Gasteiger partial charge in [-0.1, -0.05) is 6.07 Å². The molecule has 0 aliphatic heterocycles. The summed E-state index contributed by atoms with van der Waals surface area (Å²) in [5, 5.41) is 3.42. The molecule has 1 aromatic carbocycles. The number of nitrogens with one attached hydrogen (secondary N) is 1. The Morgan fingerprint density at radius 1 is 1.20 bits per heavy atom. The summed E-state index contributed by atoms with van der Waals surface area (Å²) in [4.78, 5) is 0. The molecular weight excluding hydrogens is 252 g/mol. The molecule has 4 nitrogen and oxygen atoms in total. The maximum atomic E-state index is 5.76. The van der Waals surface area contributed by atoms with Crippen molar-refractivity contribution in [2.24, 2.45) is 7.05 Å². The van der Waals surface area contributed by atoms with Crippen molar-refractivity contribution >= 4 is 5.69 Å². The number of nitrogens with zero attached hydrogens (tertiary/aromatic N) is 1.